The van der Waals surface area contributed by atoms with Crippen molar-refractivity contribution in [3.05, 3.63) is 35.7 Å². The molecule has 2 heterocycles. The number of nitrogens with one attached hydrogen (secondary N) is 2. The fourth-order valence-electron chi connectivity index (χ4n) is 2.04. The second kappa shape index (κ2) is 6.88. The second-order valence-corrected chi connectivity index (χ2v) is 4.84. The lowest BCUT2D eigenvalue weighted by Crippen LogP contribution is -2.14. The number of carbonyl (C=O) groups excluding carboxylic acids is 1. The average molecular weight is 287 g/mol. The Hall–Kier alpha value is -2.37. The van der Waals surface area contributed by atoms with Crippen LogP contribution in [0.4, 0.5) is 11.6 Å². The van der Waals surface area contributed by atoms with E-state index in [4.69, 9.17) is 0 Å². The number of hydrogen-bond acceptors (Lipinski definition) is 4. The molecule has 0 saturated carbocycles. The largest absolute Gasteiger partial charge is 0.370 e. The number of hydrogen-bond donors (Lipinski definition) is 2. The molecule has 2 rings (SSSR count). The summed E-state index contributed by atoms with van der Waals surface area (Å²) in [6, 6.07) is 5.36. The van der Waals surface area contributed by atoms with E-state index in [1.807, 2.05) is 20.0 Å². The maximum absolute atomic E-state index is 12.3. The number of pyridine rings is 1. The Balaban J connectivity index is 2.21. The molecule has 6 heteroatoms. The Labute approximate surface area is 124 Å². The zero-order chi connectivity index (χ0) is 15.2. The van der Waals surface area contributed by atoms with Crippen LogP contribution in [0.25, 0.3) is 0 Å². The zero-order valence-corrected chi connectivity index (χ0v) is 12.7. The summed E-state index contributed by atoms with van der Waals surface area (Å²) in [5.74, 6) is 1.10. The van der Waals surface area contributed by atoms with Crippen LogP contribution >= 0.6 is 0 Å². The molecule has 0 saturated heterocycles. The van der Waals surface area contributed by atoms with Gasteiger partial charge in [0.1, 0.15) is 5.82 Å². The molecule has 0 aliphatic rings. The Morgan fingerprint density at radius 1 is 1.29 bits per heavy atom. The highest BCUT2D eigenvalue weighted by atomic mass is 16.1. The van der Waals surface area contributed by atoms with Crippen molar-refractivity contribution in [3.8, 4) is 0 Å². The highest BCUT2D eigenvalue weighted by Gasteiger charge is 2.11. The van der Waals surface area contributed by atoms with E-state index in [0.29, 0.717) is 11.4 Å². The molecule has 0 bridgehead atoms. The molecule has 0 aliphatic carbocycles. The molecule has 0 atom stereocenters. The lowest BCUT2D eigenvalue weighted by molar-refractivity contribution is 0.102. The Morgan fingerprint density at radius 2 is 2.10 bits per heavy atom. The molecular weight excluding hydrogens is 266 g/mol. The first-order valence-electron chi connectivity index (χ1n) is 7.18. The van der Waals surface area contributed by atoms with E-state index in [-0.39, 0.29) is 5.91 Å². The second-order valence-electron chi connectivity index (χ2n) is 4.84. The fraction of sp³-hybridized carbons (Fsp3) is 0.400. The molecule has 0 aromatic carbocycles. The maximum Gasteiger partial charge on any atom is 0.257 e. The van der Waals surface area contributed by atoms with E-state index in [2.05, 4.69) is 27.6 Å². The van der Waals surface area contributed by atoms with Crippen LogP contribution in [-0.4, -0.2) is 27.2 Å². The normalized spacial score (nSPS) is 10.4. The topological polar surface area (TPSA) is 71.8 Å². The van der Waals surface area contributed by atoms with Gasteiger partial charge >= 0.3 is 0 Å². The molecule has 0 fully saturated rings. The van der Waals surface area contributed by atoms with E-state index >= 15 is 0 Å². The third-order valence-corrected chi connectivity index (χ3v) is 2.96. The molecule has 112 valence electrons. The van der Waals surface area contributed by atoms with Crippen molar-refractivity contribution in [2.75, 3.05) is 17.2 Å². The van der Waals surface area contributed by atoms with Gasteiger partial charge in [0.25, 0.3) is 5.91 Å². The number of nitrogens with zero attached hydrogens (tertiary/aromatic N) is 3. The molecular formula is C15H21N5O. The summed E-state index contributed by atoms with van der Waals surface area (Å²) in [5, 5.41) is 10.1. The summed E-state index contributed by atoms with van der Waals surface area (Å²) in [4.78, 5) is 16.8. The smallest absolute Gasteiger partial charge is 0.257 e. The lowest BCUT2D eigenvalue weighted by Gasteiger charge is -2.09. The van der Waals surface area contributed by atoms with Gasteiger partial charge in [-0.2, -0.15) is 5.10 Å². The molecule has 1 amide bonds. The predicted octanol–water partition coefficient (Wildman–Crippen LogP) is 2.45. The number of aryl methyl sites for hydroxylation is 2. The van der Waals surface area contributed by atoms with E-state index in [1.165, 1.54) is 0 Å². The summed E-state index contributed by atoms with van der Waals surface area (Å²) in [6.45, 7) is 4.86. The SMILES string of the molecule is CCCc1cc(C(=O)Nc2ccn(C)n2)cc(NCC)n1. The van der Waals surface area contributed by atoms with Gasteiger partial charge in [-0.3, -0.25) is 9.48 Å². The van der Waals surface area contributed by atoms with Crippen molar-refractivity contribution in [2.45, 2.75) is 26.7 Å². The molecule has 2 aromatic rings. The van der Waals surface area contributed by atoms with Crippen molar-refractivity contribution < 1.29 is 4.79 Å². The molecule has 0 unspecified atom stereocenters. The highest BCUT2D eigenvalue weighted by molar-refractivity contribution is 6.04. The molecule has 0 radical (unpaired) electrons. The average Bonchev–Trinajstić information content (AvgIpc) is 2.84. The number of rotatable bonds is 6. The van der Waals surface area contributed by atoms with Gasteiger partial charge in [-0.15, -0.1) is 0 Å². The number of aromatic nitrogens is 3. The van der Waals surface area contributed by atoms with Crippen LogP contribution in [0, 0.1) is 0 Å². The minimum Gasteiger partial charge on any atom is -0.370 e. The van der Waals surface area contributed by atoms with E-state index in [1.54, 1.807) is 23.0 Å². The van der Waals surface area contributed by atoms with Crippen molar-refractivity contribution in [2.24, 2.45) is 7.05 Å². The lowest BCUT2D eigenvalue weighted by atomic mass is 10.1. The van der Waals surface area contributed by atoms with Crippen molar-refractivity contribution in [1.82, 2.24) is 14.8 Å². The molecule has 6 nitrogen and oxygen atoms in total. The molecule has 21 heavy (non-hydrogen) atoms. The summed E-state index contributed by atoms with van der Waals surface area (Å²) in [7, 11) is 1.81. The fourth-order valence-corrected chi connectivity index (χ4v) is 2.04. The Kier molecular flexibility index (Phi) is 4.92. The van der Waals surface area contributed by atoms with Crippen molar-refractivity contribution >= 4 is 17.5 Å². The first-order chi connectivity index (χ1) is 10.1. The quantitative estimate of drug-likeness (QED) is 0.856. The first-order valence-corrected chi connectivity index (χ1v) is 7.18. The van der Waals surface area contributed by atoms with Crippen LogP contribution in [0.1, 0.15) is 36.3 Å². The maximum atomic E-state index is 12.3. The Morgan fingerprint density at radius 3 is 2.71 bits per heavy atom. The molecule has 2 N–H and O–H groups in total. The van der Waals surface area contributed by atoms with Crippen molar-refractivity contribution in [3.63, 3.8) is 0 Å². The van der Waals surface area contributed by atoms with Crippen LogP contribution in [0.3, 0.4) is 0 Å². The van der Waals surface area contributed by atoms with E-state index in [9.17, 15) is 4.79 Å². The number of anilines is 2. The minimum absolute atomic E-state index is 0.174. The van der Waals surface area contributed by atoms with E-state index < -0.39 is 0 Å². The summed E-state index contributed by atoms with van der Waals surface area (Å²) in [5.41, 5.74) is 1.51. The molecule has 2 aromatic heterocycles. The van der Waals surface area contributed by atoms with Crippen molar-refractivity contribution in [1.29, 1.82) is 0 Å². The third kappa shape index (κ3) is 4.05. The number of amides is 1. The van der Waals surface area contributed by atoms with Gasteiger partial charge in [-0.1, -0.05) is 13.3 Å². The van der Waals surface area contributed by atoms with Gasteiger partial charge in [0.2, 0.25) is 0 Å². The van der Waals surface area contributed by atoms with Gasteiger partial charge in [0.05, 0.1) is 0 Å². The summed E-state index contributed by atoms with van der Waals surface area (Å²) in [6.07, 6.45) is 3.63. The standard InChI is InChI=1S/C15H21N5O/c1-4-6-12-9-11(10-14(17-12)16-5-2)15(21)18-13-7-8-20(3)19-13/h7-10H,4-6H2,1-3H3,(H,16,17)(H,18,19,21). The van der Waals surface area contributed by atoms with Gasteiger partial charge < -0.3 is 10.6 Å². The van der Waals surface area contributed by atoms with E-state index in [0.717, 1.165) is 30.9 Å². The Bertz CT molecular complexity index is 596. The number of carbonyl (C=O) groups is 1. The van der Waals surface area contributed by atoms with Crippen LogP contribution < -0.4 is 10.6 Å². The van der Waals surface area contributed by atoms with Crippen LogP contribution in [0.15, 0.2) is 24.4 Å². The van der Waals surface area contributed by atoms with Crippen LogP contribution in [-0.2, 0) is 13.5 Å². The van der Waals surface area contributed by atoms with Gasteiger partial charge in [0.15, 0.2) is 5.82 Å². The third-order valence-electron chi connectivity index (χ3n) is 2.96. The van der Waals surface area contributed by atoms with Crippen LogP contribution in [0.2, 0.25) is 0 Å². The minimum atomic E-state index is -0.174. The zero-order valence-electron chi connectivity index (χ0n) is 12.7. The van der Waals surface area contributed by atoms with Gasteiger partial charge in [0, 0.05) is 37.1 Å². The highest BCUT2D eigenvalue weighted by Crippen LogP contribution is 2.14. The van der Waals surface area contributed by atoms with Crippen LogP contribution in [0.5, 0.6) is 0 Å². The van der Waals surface area contributed by atoms with Gasteiger partial charge in [-0.25, -0.2) is 4.98 Å². The summed E-state index contributed by atoms with van der Waals surface area (Å²) < 4.78 is 1.65. The first kappa shape index (κ1) is 15.0. The molecule has 0 aliphatic heterocycles. The monoisotopic (exact) mass is 287 g/mol. The summed E-state index contributed by atoms with van der Waals surface area (Å²) >= 11 is 0. The predicted molar refractivity (Wildman–Crippen MR) is 83.6 cm³/mol. The van der Waals surface area contributed by atoms with Gasteiger partial charge in [-0.05, 0) is 25.5 Å². The molecule has 0 spiro atoms.